The molecule has 0 aromatic heterocycles. The lowest BCUT2D eigenvalue weighted by molar-refractivity contribution is 0.0951. The first-order valence-corrected chi connectivity index (χ1v) is 13.0. The Labute approximate surface area is 212 Å². The van der Waals surface area contributed by atoms with Crippen LogP contribution in [0.4, 0.5) is 0 Å². The van der Waals surface area contributed by atoms with E-state index < -0.39 is 10.0 Å². The molecule has 0 atom stereocenters. The number of carbonyl (C=O) groups is 1. The van der Waals surface area contributed by atoms with E-state index in [1.165, 1.54) is 11.4 Å². The third-order valence-corrected chi connectivity index (χ3v) is 7.58. The minimum absolute atomic E-state index is 0.162. The Hall–Kier alpha value is -3.94. The van der Waals surface area contributed by atoms with Gasteiger partial charge < -0.3 is 10.1 Å². The number of amides is 1. The first kappa shape index (κ1) is 25.2. The fraction of sp³-hybridized carbons (Fsp3) is 0.138. The van der Waals surface area contributed by atoms with E-state index in [9.17, 15) is 13.2 Å². The van der Waals surface area contributed by atoms with Gasteiger partial charge in [-0.1, -0.05) is 72.8 Å². The third-order valence-electron chi connectivity index (χ3n) is 5.77. The van der Waals surface area contributed by atoms with Gasteiger partial charge in [0.15, 0.2) is 0 Å². The Bertz CT molecular complexity index is 1370. The molecule has 4 aromatic carbocycles. The molecule has 0 saturated carbocycles. The summed E-state index contributed by atoms with van der Waals surface area (Å²) >= 11 is 0. The topological polar surface area (TPSA) is 75.7 Å². The summed E-state index contributed by atoms with van der Waals surface area (Å²) in [5, 5.41) is 2.91. The highest BCUT2D eigenvalue weighted by atomic mass is 32.2. The highest BCUT2D eigenvalue weighted by Crippen LogP contribution is 2.23. The zero-order chi connectivity index (χ0) is 25.4. The van der Waals surface area contributed by atoms with Crippen LogP contribution in [0.1, 0.15) is 27.0 Å². The first-order chi connectivity index (χ1) is 17.5. The molecule has 1 N–H and O–H groups in total. The SMILES string of the molecule is COc1ccc(S(=O)(=O)N(Cc2ccccc2)Cc2ccc(C(=O)NCc3ccccc3)cc2)cc1. The molecule has 0 radical (unpaired) electrons. The molecule has 4 rings (SSSR count). The molecule has 7 heteroatoms. The number of ether oxygens (including phenoxy) is 1. The van der Waals surface area contributed by atoms with Crippen LogP contribution in [0.5, 0.6) is 5.75 Å². The second-order valence-electron chi connectivity index (χ2n) is 8.30. The third kappa shape index (κ3) is 6.38. The van der Waals surface area contributed by atoms with E-state index in [0.717, 1.165) is 16.7 Å². The lowest BCUT2D eigenvalue weighted by Gasteiger charge is -2.23. The minimum atomic E-state index is -3.79. The molecular formula is C29H28N2O4S. The van der Waals surface area contributed by atoms with Crippen LogP contribution in [0.2, 0.25) is 0 Å². The number of sulfonamides is 1. The molecule has 6 nitrogen and oxygen atoms in total. The minimum Gasteiger partial charge on any atom is -0.497 e. The molecule has 1 amide bonds. The first-order valence-electron chi connectivity index (χ1n) is 11.5. The number of hydrogen-bond donors (Lipinski definition) is 1. The van der Waals surface area contributed by atoms with Crippen molar-refractivity contribution in [3.63, 3.8) is 0 Å². The average molecular weight is 501 g/mol. The summed E-state index contributed by atoms with van der Waals surface area (Å²) in [7, 11) is -2.25. The second kappa shape index (κ2) is 11.7. The maximum absolute atomic E-state index is 13.6. The van der Waals surface area contributed by atoms with Crippen LogP contribution in [0.25, 0.3) is 0 Å². The van der Waals surface area contributed by atoms with Crippen LogP contribution in [0, 0.1) is 0 Å². The summed E-state index contributed by atoms with van der Waals surface area (Å²) in [4.78, 5) is 12.8. The lowest BCUT2D eigenvalue weighted by Crippen LogP contribution is -2.30. The molecular weight excluding hydrogens is 472 g/mol. The van der Waals surface area contributed by atoms with E-state index in [1.807, 2.05) is 60.7 Å². The summed E-state index contributed by atoms with van der Waals surface area (Å²) in [6.45, 7) is 0.816. The lowest BCUT2D eigenvalue weighted by atomic mass is 10.1. The van der Waals surface area contributed by atoms with E-state index in [2.05, 4.69) is 5.32 Å². The van der Waals surface area contributed by atoms with Gasteiger partial charge in [-0.3, -0.25) is 4.79 Å². The Morgan fingerprint density at radius 2 is 1.25 bits per heavy atom. The molecule has 0 aliphatic carbocycles. The van der Waals surface area contributed by atoms with Crippen molar-refractivity contribution in [3.05, 3.63) is 131 Å². The van der Waals surface area contributed by atoms with Crippen LogP contribution in [0.15, 0.2) is 114 Å². The number of rotatable bonds is 10. The van der Waals surface area contributed by atoms with Crippen molar-refractivity contribution in [2.45, 2.75) is 24.5 Å². The number of hydrogen-bond acceptors (Lipinski definition) is 4. The van der Waals surface area contributed by atoms with Gasteiger partial charge in [-0.25, -0.2) is 8.42 Å². The Morgan fingerprint density at radius 1 is 0.722 bits per heavy atom. The van der Waals surface area contributed by atoms with Crippen LogP contribution in [-0.4, -0.2) is 25.7 Å². The molecule has 0 heterocycles. The number of nitrogens with one attached hydrogen (secondary N) is 1. The predicted octanol–water partition coefficient (Wildman–Crippen LogP) is 5.02. The smallest absolute Gasteiger partial charge is 0.251 e. The van der Waals surface area contributed by atoms with E-state index in [1.54, 1.807) is 48.5 Å². The van der Waals surface area contributed by atoms with Gasteiger partial charge in [0.05, 0.1) is 12.0 Å². The van der Waals surface area contributed by atoms with Crippen molar-refractivity contribution in [2.75, 3.05) is 7.11 Å². The van der Waals surface area contributed by atoms with Crippen LogP contribution in [-0.2, 0) is 29.7 Å². The molecule has 0 fully saturated rings. The van der Waals surface area contributed by atoms with E-state index in [4.69, 9.17) is 4.74 Å². The predicted molar refractivity (Wildman–Crippen MR) is 140 cm³/mol. The highest BCUT2D eigenvalue weighted by molar-refractivity contribution is 7.89. The van der Waals surface area contributed by atoms with Crippen molar-refractivity contribution in [3.8, 4) is 5.75 Å². The van der Waals surface area contributed by atoms with Gasteiger partial charge in [0.1, 0.15) is 5.75 Å². The molecule has 36 heavy (non-hydrogen) atoms. The molecule has 184 valence electrons. The summed E-state index contributed by atoms with van der Waals surface area (Å²) in [5.74, 6) is 0.405. The Balaban J connectivity index is 1.51. The van der Waals surface area contributed by atoms with Gasteiger partial charge in [-0.2, -0.15) is 4.31 Å². The highest BCUT2D eigenvalue weighted by Gasteiger charge is 2.25. The van der Waals surface area contributed by atoms with Crippen molar-refractivity contribution in [2.24, 2.45) is 0 Å². The van der Waals surface area contributed by atoms with E-state index in [-0.39, 0.29) is 23.9 Å². The van der Waals surface area contributed by atoms with E-state index >= 15 is 0 Å². The second-order valence-corrected chi connectivity index (χ2v) is 10.2. The molecule has 0 spiro atoms. The zero-order valence-corrected chi connectivity index (χ0v) is 20.8. The standard InChI is InChI=1S/C29H28N2O4S/c1-35-27-16-18-28(19-17-27)36(33,34)31(21-24-10-6-3-7-11-24)22-25-12-14-26(15-13-25)29(32)30-20-23-8-4-2-5-9-23/h2-19H,20-22H2,1H3,(H,30,32). The van der Waals surface area contributed by atoms with Gasteiger partial charge in [-0.05, 0) is 53.1 Å². The van der Waals surface area contributed by atoms with Crippen LogP contribution in [0.3, 0.4) is 0 Å². The zero-order valence-electron chi connectivity index (χ0n) is 20.0. The van der Waals surface area contributed by atoms with Gasteiger partial charge >= 0.3 is 0 Å². The van der Waals surface area contributed by atoms with Crippen molar-refractivity contribution in [1.29, 1.82) is 0 Å². The maximum atomic E-state index is 13.6. The molecule has 0 unspecified atom stereocenters. The molecule has 0 aliphatic rings. The Morgan fingerprint density at radius 3 is 1.81 bits per heavy atom. The molecule has 0 bridgehead atoms. The summed E-state index contributed by atoms with van der Waals surface area (Å²) in [5.41, 5.74) is 3.19. The van der Waals surface area contributed by atoms with Crippen molar-refractivity contribution >= 4 is 15.9 Å². The summed E-state index contributed by atoms with van der Waals surface area (Å²) in [6, 6.07) is 32.5. The number of methoxy groups -OCH3 is 1. The molecule has 4 aromatic rings. The van der Waals surface area contributed by atoms with Crippen molar-refractivity contribution < 1.29 is 17.9 Å². The fourth-order valence-electron chi connectivity index (χ4n) is 3.76. The fourth-order valence-corrected chi connectivity index (χ4v) is 5.17. The summed E-state index contributed by atoms with van der Waals surface area (Å²) in [6.07, 6.45) is 0. The quantitative estimate of drug-likeness (QED) is 0.332. The Kier molecular flexibility index (Phi) is 8.15. The molecule has 0 aliphatic heterocycles. The number of carbonyl (C=O) groups excluding carboxylic acids is 1. The van der Waals surface area contributed by atoms with Gasteiger partial charge in [0.2, 0.25) is 10.0 Å². The van der Waals surface area contributed by atoms with Gasteiger partial charge in [-0.15, -0.1) is 0 Å². The molecule has 0 saturated heterocycles. The average Bonchev–Trinajstić information content (AvgIpc) is 2.93. The number of benzene rings is 4. The summed E-state index contributed by atoms with van der Waals surface area (Å²) < 4.78 is 33.7. The van der Waals surface area contributed by atoms with Gasteiger partial charge in [0.25, 0.3) is 5.91 Å². The monoisotopic (exact) mass is 500 g/mol. The van der Waals surface area contributed by atoms with E-state index in [0.29, 0.717) is 17.9 Å². The number of nitrogens with zero attached hydrogens (tertiary/aromatic N) is 1. The normalized spacial score (nSPS) is 11.3. The van der Waals surface area contributed by atoms with Crippen molar-refractivity contribution in [1.82, 2.24) is 9.62 Å². The van der Waals surface area contributed by atoms with Crippen LogP contribution >= 0.6 is 0 Å². The van der Waals surface area contributed by atoms with Crippen LogP contribution < -0.4 is 10.1 Å². The maximum Gasteiger partial charge on any atom is 0.251 e. The largest absolute Gasteiger partial charge is 0.497 e. The van der Waals surface area contributed by atoms with Gasteiger partial charge in [0, 0.05) is 25.2 Å².